The first-order valence-corrected chi connectivity index (χ1v) is 18.0. The lowest BCUT2D eigenvalue weighted by Crippen LogP contribution is -2.35. The van der Waals surface area contributed by atoms with Crippen LogP contribution in [0.15, 0.2) is 22.8 Å². The molecule has 6 heterocycles. The van der Waals surface area contributed by atoms with Gasteiger partial charge >= 0.3 is 13.5 Å². The number of rotatable bonds is 2. The van der Waals surface area contributed by atoms with Crippen LogP contribution in [-0.4, -0.2) is 80.8 Å². The number of hydrogen-bond acceptors (Lipinski definition) is 15. The van der Waals surface area contributed by atoms with E-state index in [-0.39, 0.29) is 36.7 Å². The Kier molecular flexibility index (Phi) is 8.03. The van der Waals surface area contributed by atoms with Crippen molar-refractivity contribution in [2.75, 3.05) is 13.2 Å². The molecule has 220 valence electrons. The van der Waals surface area contributed by atoms with Crippen molar-refractivity contribution >= 4 is 60.1 Å². The predicted molar refractivity (Wildman–Crippen MR) is 149 cm³/mol. The minimum absolute atomic E-state index is 0.00919. The van der Waals surface area contributed by atoms with Gasteiger partial charge in [0.2, 0.25) is 0 Å². The zero-order chi connectivity index (χ0) is 28.9. The third-order valence-corrected chi connectivity index (χ3v) is 10.1. The molecular weight excluding hydrogens is 642 g/mol. The molecular formula is C19H22N8O9P2S3. The fourth-order valence-electron chi connectivity index (χ4n) is 4.28. The average Bonchev–Trinajstić information content (AvgIpc) is 3.69. The van der Waals surface area contributed by atoms with E-state index in [0.717, 1.165) is 0 Å². The van der Waals surface area contributed by atoms with Crippen LogP contribution in [0.1, 0.15) is 17.9 Å². The summed E-state index contributed by atoms with van der Waals surface area (Å²) in [5, 5.41) is 15.6. The number of thiazole rings is 1. The number of hydrogen-bond donors (Lipinski definition) is 4. The Balaban J connectivity index is 1.35. The molecule has 2 aliphatic rings. The molecule has 6 rings (SSSR count). The van der Waals surface area contributed by atoms with Gasteiger partial charge in [-0.2, -0.15) is 0 Å². The zero-order valence-electron chi connectivity index (χ0n) is 20.9. The predicted octanol–water partition coefficient (Wildman–Crippen LogP) is 1.30. The number of imidazole rings is 1. The van der Waals surface area contributed by atoms with E-state index in [1.165, 1.54) is 26.9 Å². The van der Waals surface area contributed by atoms with E-state index >= 15 is 0 Å². The van der Waals surface area contributed by atoms with Crippen molar-refractivity contribution in [3.05, 3.63) is 40.0 Å². The summed E-state index contributed by atoms with van der Waals surface area (Å²) in [4.78, 5) is 43.1. The van der Waals surface area contributed by atoms with Crippen LogP contribution in [-0.2, 0) is 52.4 Å². The molecule has 6 atom stereocenters. The topological polar surface area (TPSA) is 211 Å². The lowest BCUT2D eigenvalue weighted by atomic mass is 10.1. The standard InChI is InChI=1S/C19H22N8O9P2S3/c1-9-22-17-13(18(29)23-9)21-7-26(17)19-15-14(28)10(35-19)5-33-37(30,39)32-3-2-27-12(6-34-38(31,40)36-15)24-16(25-27)11-4-20-8-41-11/h4,7-8,10,14-15,19,28H,2-3,5-6H2,1H3,(H,30,39)(H,31,40)(H,22,23,29)/t10-,14-,15-,19-,37?,38?/m1/s1. The Bertz CT molecular complexity index is 1730. The van der Waals surface area contributed by atoms with E-state index < -0.39 is 50.2 Å². The van der Waals surface area contributed by atoms with Gasteiger partial charge in [-0.05, 0) is 18.7 Å². The van der Waals surface area contributed by atoms with Crippen LogP contribution in [0.5, 0.6) is 0 Å². The number of aliphatic hydroxyl groups is 1. The van der Waals surface area contributed by atoms with Crippen molar-refractivity contribution in [1.29, 1.82) is 0 Å². The minimum atomic E-state index is -4.20. The number of aromatic nitrogens is 8. The van der Waals surface area contributed by atoms with Gasteiger partial charge in [-0.3, -0.25) is 23.4 Å². The third kappa shape index (κ3) is 6.11. The van der Waals surface area contributed by atoms with Crippen LogP contribution in [0.25, 0.3) is 21.9 Å². The van der Waals surface area contributed by atoms with Crippen LogP contribution in [0, 0.1) is 6.92 Å². The highest BCUT2D eigenvalue weighted by atomic mass is 32.7. The van der Waals surface area contributed by atoms with Crippen molar-refractivity contribution in [2.24, 2.45) is 0 Å². The number of fused-ring (bicyclic) bond motifs is 4. The molecule has 0 saturated carbocycles. The summed E-state index contributed by atoms with van der Waals surface area (Å²) >= 11 is 10.6. The van der Waals surface area contributed by atoms with Gasteiger partial charge in [0.05, 0.1) is 36.5 Å². The third-order valence-electron chi connectivity index (χ3n) is 6.11. The summed E-state index contributed by atoms with van der Waals surface area (Å²) in [5.41, 5.74) is 1.27. The van der Waals surface area contributed by atoms with E-state index in [2.05, 4.69) is 42.3 Å². The molecule has 0 spiro atoms. The van der Waals surface area contributed by atoms with Crippen molar-refractivity contribution in [2.45, 2.75) is 44.6 Å². The summed E-state index contributed by atoms with van der Waals surface area (Å²) < 4.78 is 44.4. The molecule has 2 aliphatic heterocycles. The number of aliphatic hydroxyl groups excluding tert-OH is 1. The Morgan fingerprint density at radius 1 is 1.29 bits per heavy atom. The Hall–Kier alpha value is -1.93. The molecule has 17 nitrogen and oxygen atoms in total. The molecule has 0 aliphatic carbocycles. The molecule has 0 radical (unpaired) electrons. The second-order valence-electron chi connectivity index (χ2n) is 8.88. The highest BCUT2D eigenvalue weighted by Crippen LogP contribution is 2.57. The van der Waals surface area contributed by atoms with Gasteiger partial charge in [-0.1, -0.05) is 12.2 Å². The second-order valence-corrected chi connectivity index (χ2v) is 15.5. The van der Waals surface area contributed by atoms with Crippen molar-refractivity contribution in [1.82, 2.24) is 39.3 Å². The van der Waals surface area contributed by atoms with Gasteiger partial charge < -0.3 is 28.8 Å². The molecule has 1 saturated heterocycles. The average molecular weight is 665 g/mol. The molecule has 41 heavy (non-hydrogen) atoms. The van der Waals surface area contributed by atoms with Gasteiger partial charge in [0.1, 0.15) is 30.7 Å². The summed E-state index contributed by atoms with van der Waals surface area (Å²) in [5.74, 6) is 0.890. The van der Waals surface area contributed by atoms with E-state index in [1.807, 2.05) is 0 Å². The maximum Gasteiger partial charge on any atom is 0.387 e. The summed E-state index contributed by atoms with van der Waals surface area (Å²) in [6.07, 6.45) is -2.35. The van der Waals surface area contributed by atoms with E-state index in [4.69, 9.17) is 34.6 Å². The quantitative estimate of drug-likeness (QED) is 0.176. The molecule has 1 fully saturated rings. The van der Waals surface area contributed by atoms with Gasteiger partial charge in [-0.15, -0.1) is 16.4 Å². The van der Waals surface area contributed by atoms with Crippen LogP contribution < -0.4 is 5.56 Å². The molecule has 4 aromatic heterocycles. The van der Waals surface area contributed by atoms with E-state index in [1.54, 1.807) is 18.6 Å². The Morgan fingerprint density at radius 2 is 2.12 bits per heavy atom. The second kappa shape index (κ2) is 11.3. The number of aryl methyl sites for hydroxylation is 1. The van der Waals surface area contributed by atoms with Crippen molar-refractivity contribution in [3.63, 3.8) is 0 Å². The lowest BCUT2D eigenvalue weighted by Gasteiger charge is -2.24. The van der Waals surface area contributed by atoms with Crippen LogP contribution >= 0.6 is 37.1 Å². The maximum absolute atomic E-state index is 13.4. The lowest BCUT2D eigenvalue weighted by molar-refractivity contribution is -0.0476. The van der Waals surface area contributed by atoms with E-state index in [0.29, 0.717) is 16.5 Å². The fraction of sp³-hybridized carbons (Fsp3) is 0.474. The smallest absolute Gasteiger partial charge is 0.387 e. The van der Waals surface area contributed by atoms with Gasteiger partial charge in [0.25, 0.3) is 5.56 Å². The highest BCUT2D eigenvalue weighted by Gasteiger charge is 2.49. The molecule has 0 amide bonds. The first kappa shape index (κ1) is 29.2. The number of thiol groups is 1. The highest BCUT2D eigenvalue weighted by molar-refractivity contribution is 8.44. The van der Waals surface area contributed by atoms with Gasteiger partial charge in [-0.25, -0.2) is 24.2 Å². The number of nitrogens with zero attached hydrogens (tertiary/aromatic N) is 7. The van der Waals surface area contributed by atoms with Gasteiger partial charge in [0, 0.05) is 6.20 Å². The van der Waals surface area contributed by atoms with Crippen molar-refractivity contribution < 1.29 is 37.4 Å². The summed E-state index contributed by atoms with van der Waals surface area (Å²) in [6.45, 7) is -7.18. The number of H-pyrrole nitrogens is 1. The minimum Gasteiger partial charge on any atom is -0.387 e. The summed E-state index contributed by atoms with van der Waals surface area (Å²) in [6, 6.07) is 0. The van der Waals surface area contributed by atoms with Crippen LogP contribution in [0.3, 0.4) is 0 Å². The maximum atomic E-state index is 13.4. The largest absolute Gasteiger partial charge is 0.387 e. The Morgan fingerprint density at radius 3 is 2.90 bits per heavy atom. The molecule has 3 N–H and O–H groups in total. The monoisotopic (exact) mass is 664 g/mol. The Labute approximate surface area is 244 Å². The SMILES string of the molecule is Cc1nc2c(ncn2[C@@H]2O[C@@H]3COP(O)(=S)OCCn4nc(-c5cncs5)nc4COP(=O)(S)O[C@@H]2[C@@H]3O)c(=O)[nH]1. The number of aromatic amines is 1. The van der Waals surface area contributed by atoms with Crippen LogP contribution in [0.4, 0.5) is 0 Å². The van der Waals surface area contributed by atoms with Gasteiger partial charge in [0.15, 0.2) is 29.0 Å². The van der Waals surface area contributed by atoms with Crippen molar-refractivity contribution in [3.8, 4) is 10.7 Å². The first-order chi connectivity index (χ1) is 19.5. The molecule has 0 aromatic carbocycles. The number of ether oxygens (including phenoxy) is 1. The molecule has 2 unspecified atom stereocenters. The van der Waals surface area contributed by atoms with E-state index in [9.17, 15) is 19.4 Å². The van der Waals surface area contributed by atoms with Crippen LogP contribution in [0.2, 0.25) is 0 Å². The zero-order valence-corrected chi connectivity index (χ0v) is 25.2. The normalized spacial score (nSPS) is 31.5. The molecule has 22 heteroatoms. The summed E-state index contributed by atoms with van der Waals surface area (Å²) in [7, 11) is 0. The first-order valence-electron chi connectivity index (χ1n) is 11.9. The fourth-order valence-corrected chi connectivity index (χ4v) is 7.33. The molecule has 4 aromatic rings. The molecule has 2 bridgehead atoms. The number of nitrogens with one attached hydrogen (secondary N) is 1.